The molecule has 0 aliphatic carbocycles. The van der Waals surface area contributed by atoms with Crippen molar-refractivity contribution in [3.05, 3.63) is 64.2 Å². The highest BCUT2D eigenvalue weighted by atomic mass is 35.5. The van der Waals surface area contributed by atoms with Crippen molar-refractivity contribution in [3.63, 3.8) is 0 Å². The van der Waals surface area contributed by atoms with E-state index in [1.165, 1.54) is 0 Å². The van der Waals surface area contributed by atoms with Crippen LogP contribution >= 0.6 is 11.6 Å². The number of halogens is 1. The molecule has 0 saturated carbocycles. The van der Waals surface area contributed by atoms with E-state index in [9.17, 15) is 4.79 Å². The minimum Gasteiger partial charge on any atom is -0.398 e. The molecular weight excluding hydrogens is 234 g/mol. The predicted molar refractivity (Wildman–Crippen MR) is 70.5 cm³/mol. The van der Waals surface area contributed by atoms with Crippen LogP contribution in [0, 0.1) is 6.92 Å². The Morgan fingerprint density at radius 3 is 2.59 bits per heavy atom. The fourth-order valence-electron chi connectivity index (χ4n) is 1.66. The van der Waals surface area contributed by atoms with E-state index < -0.39 is 0 Å². The zero-order valence-corrected chi connectivity index (χ0v) is 10.2. The number of ketones is 1. The summed E-state index contributed by atoms with van der Waals surface area (Å²) in [7, 11) is 0. The Morgan fingerprint density at radius 2 is 1.88 bits per heavy atom. The Hall–Kier alpha value is -1.80. The summed E-state index contributed by atoms with van der Waals surface area (Å²) in [4.78, 5) is 12.2. The molecule has 0 unspecified atom stereocenters. The molecular formula is C14H12ClNO. The Labute approximate surface area is 105 Å². The van der Waals surface area contributed by atoms with Gasteiger partial charge in [-0.1, -0.05) is 35.9 Å². The minimum atomic E-state index is -0.103. The van der Waals surface area contributed by atoms with E-state index in [1.807, 2.05) is 19.1 Å². The van der Waals surface area contributed by atoms with E-state index in [4.69, 9.17) is 17.3 Å². The third-order valence-corrected chi connectivity index (χ3v) is 2.89. The molecule has 0 saturated heterocycles. The van der Waals surface area contributed by atoms with Gasteiger partial charge in [-0.3, -0.25) is 4.79 Å². The second-order valence-electron chi connectivity index (χ2n) is 3.88. The van der Waals surface area contributed by atoms with Crippen molar-refractivity contribution in [3.8, 4) is 0 Å². The van der Waals surface area contributed by atoms with Gasteiger partial charge in [-0.15, -0.1) is 0 Å². The van der Waals surface area contributed by atoms with Crippen molar-refractivity contribution in [1.29, 1.82) is 0 Å². The maximum absolute atomic E-state index is 12.2. The van der Waals surface area contributed by atoms with Crippen molar-refractivity contribution in [2.24, 2.45) is 0 Å². The average Bonchev–Trinajstić information content (AvgIpc) is 2.32. The van der Waals surface area contributed by atoms with Gasteiger partial charge >= 0.3 is 0 Å². The minimum absolute atomic E-state index is 0.103. The Kier molecular flexibility index (Phi) is 3.16. The third kappa shape index (κ3) is 2.32. The zero-order valence-electron chi connectivity index (χ0n) is 9.41. The molecule has 86 valence electrons. The molecule has 2 nitrogen and oxygen atoms in total. The Balaban J connectivity index is 2.48. The lowest BCUT2D eigenvalue weighted by atomic mass is 9.99. The van der Waals surface area contributed by atoms with E-state index >= 15 is 0 Å². The second-order valence-corrected chi connectivity index (χ2v) is 4.31. The first-order chi connectivity index (χ1) is 8.09. The number of para-hydroxylation sites is 1. The van der Waals surface area contributed by atoms with E-state index in [0.29, 0.717) is 21.8 Å². The number of hydrogen-bond acceptors (Lipinski definition) is 2. The molecule has 2 N–H and O–H groups in total. The highest BCUT2D eigenvalue weighted by Gasteiger charge is 2.13. The van der Waals surface area contributed by atoms with Gasteiger partial charge in [0, 0.05) is 21.8 Å². The Morgan fingerprint density at radius 1 is 1.18 bits per heavy atom. The number of nitrogens with two attached hydrogens (primary N) is 1. The van der Waals surface area contributed by atoms with Crippen molar-refractivity contribution >= 4 is 23.1 Å². The van der Waals surface area contributed by atoms with Crippen LogP contribution in [0.3, 0.4) is 0 Å². The summed E-state index contributed by atoms with van der Waals surface area (Å²) in [5.74, 6) is -0.103. The summed E-state index contributed by atoms with van der Waals surface area (Å²) < 4.78 is 0. The van der Waals surface area contributed by atoms with Crippen LogP contribution in [0.25, 0.3) is 0 Å². The molecule has 0 aliphatic heterocycles. The Bertz CT molecular complexity index is 578. The number of rotatable bonds is 2. The van der Waals surface area contributed by atoms with Gasteiger partial charge in [0.15, 0.2) is 5.78 Å². The smallest absolute Gasteiger partial charge is 0.195 e. The molecule has 0 aliphatic rings. The number of aryl methyl sites for hydroxylation is 1. The van der Waals surface area contributed by atoms with Gasteiger partial charge in [-0.2, -0.15) is 0 Å². The van der Waals surface area contributed by atoms with E-state index in [-0.39, 0.29) is 5.78 Å². The summed E-state index contributed by atoms with van der Waals surface area (Å²) in [6.07, 6.45) is 0. The number of carbonyl (C=O) groups excluding carboxylic acids is 1. The summed E-state index contributed by atoms with van der Waals surface area (Å²) in [6, 6.07) is 12.3. The van der Waals surface area contributed by atoms with Gasteiger partial charge in [0.1, 0.15) is 0 Å². The highest BCUT2D eigenvalue weighted by molar-refractivity contribution is 6.31. The fourth-order valence-corrected chi connectivity index (χ4v) is 1.85. The van der Waals surface area contributed by atoms with Crippen molar-refractivity contribution in [2.75, 3.05) is 5.73 Å². The SMILES string of the molecule is Cc1cccc(C(=O)c2cccc(Cl)c2)c1N. The molecule has 2 aromatic carbocycles. The quantitative estimate of drug-likeness (QED) is 0.650. The lowest BCUT2D eigenvalue weighted by Crippen LogP contribution is -2.06. The van der Waals surface area contributed by atoms with Crippen LogP contribution in [-0.4, -0.2) is 5.78 Å². The van der Waals surface area contributed by atoms with Gasteiger partial charge in [-0.05, 0) is 30.7 Å². The van der Waals surface area contributed by atoms with Gasteiger partial charge in [-0.25, -0.2) is 0 Å². The summed E-state index contributed by atoms with van der Waals surface area (Å²) in [6.45, 7) is 1.88. The van der Waals surface area contributed by atoms with E-state index in [2.05, 4.69) is 0 Å². The largest absolute Gasteiger partial charge is 0.398 e. The summed E-state index contributed by atoms with van der Waals surface area (Å²) >= 11 is 5.86. The van der Waals surface area contributed by atoms with Gasteiger partial charge in [0.2, 0.25) is 0 Å². The number of anilines is 1. The van der Waals surface area contributed by atoms with Crippen LogP contribution in [0.15, 0.2) is 42.5 Å². The van der Waals surface area contributed by atoms with Crippen LogP contribution in [0.1, 0.15) is 21.5 Å². The molecule has 3 heteroatoms. The first-order valence-corrected chi connectivity index (χ1v) is 5.63. The molecule has 0 amide bonds. The maximum Gasteiger partial charge on any atom is 0.195 e. The third-order valence-electron chi connectivity index (χ3n) is 2.66. The van der Waals surface area contributed by atoms with E-state index in [1.54, 1.807) is 30.3 Å². The second kappa shape index (κ2) is 4.60. The molecule has 2 rings (SSSR count). The molecule has 0 aromatic heterocycles. The van der Waals surface area contributed by atoms with E-state index in [0.717, 1.165) is 5.56 Å². The van der Waals surface area contributed by atoms with Crippen LogP contribution in [-0.2, 0) is 0 Å². The van der Waals surface area contributed by atoms with Gasteiger partial charge < -0.3 is 5.73 Å². The lowest BCUT2D eigenvalue weighted by molar-refractivity contribution is 0.103. The average molecular weight is 246 g/mol. The lowest BCUT2D eigenvalue weighted by Gasteiger charge is -2.07. The van der Waals surface area contributed by atoms with Crippen molar-refractivity contribution in [1.82, 2.24) is 0 Å². The monoisotopic (exact) mass is 245 g/mol. The summed E-state index contributed by atoms with van der Waals surface area (Å²) in [5, 5.41) is 0.544. The van der Waals surface area contributed by atoms with Gasteiger partial charge in [0.25, 0.3) is 0 Å². The molecule has 2 aromatic rings. The van der Waals surface area contributed by atoms with Crippen LogP contribution in [0.2, 0.25) is 5.02 Å². The molecule has 17 heavy (non-hydrogen) atoms. The molecule has 0 heterocycles. The topological polar surface area (TPSA) is 43.1 Å². The highest BCUT2D eigenvalue weighted by Crippen LogP contribution is 2.21. The first kappa shape index (κ1) is 11.7. The summed E-state index contributed by atoms with van der Waals surface area (Å²) in [5.41, 5.74) is 8.40. The standard InChI is InChI=1S/C14H12ClNO/c1-9-4-2-7-12(13(9)16)14(17)10-5-3-6-11(15)8-10/h2-8H,16H2,1H3. The molecule has 0 atom stereocenters. The molecule has 0 radical (unpaired) electrons. The normalized spacial score (nSPS) is 10.2. The molecule has 0 bridgehead atoms. The first-order valence-electron chi connectivity index (χ1n) is 5.25. The number of nitrogen functional groups attached to an aromatic ring is 1. The molecule has 0 spiro atoms. The van der Waals surface area contributed by atoms with Crippen molar-refractivity contribution < 1.29 is 4.79 Å². The number of carbonyl (C=O) groups is 1. The number of hydrogen-bond donors (Lipinski definition) is 1. The van der Waals surface area contributed by atoms with Crippen LogP contribution in [0.4, 0.5) is 5.69 Å². The van der Waals surface area contributed by atoms with Crippen LogP contribution in [0.5, 0.6) is 0 Å². The number of benzene rings is 2. The predicted octanol–water partition coefficient (Wildman–Crippen LogP) is 3.46. The fraction of sp³-hybridized carbons (Fsp3) is 0.0714. The van der Waals surface area contributed by atoms with Crippen LogP contribution < -0.4 is 5.73 Å². The maximum atomic E-state index is 12.2. The van der Waals surface area contributed by atoms with Gasteiger partial charge in [0.05, 0.1) is 0 Å². The van der Waals surface area contributed by atoms with Crippen molar-refractivity contribution in [2.45, 2.75) is 6.92 Å². The zero-order chi connectivity index (χ0) is 12.4. The molecule has 0 fully saturated rings.